The standard InChI is InChI=1S/C13H16N2O2S/c1-4-9-6-7-11(18-9)12(16)14-13-8(3)10(5-2)15-17-13/h6-7H,4-5H2,1-3H3,(H,14,16). The number of carbonyl (C=O) groups excluding carboxylic acids is 1. The summed E-state index contributed by atoms with van der Waals surface area (Å²) in [6.07, 6.45) is 1.74. The summed E-state index contributed by atoms with van der Waals surface area (Å²) in [5.41, 5.74) is 1.78. The molecule has 0 atom stereocenters. The zero-order valence-corrected chi connectivity index (χ0v) is 11.6. The highest BCUT2D eigenvalue weighted by Crippen LogP contribution is 2.22. The summed E-state index contributed by atoms with van der Waals surface area (Å²) >= 11 is 1.50. The predicted molar refractivity (Wildman–Crippen MR) is 72.3 cm³/mol. The first-order valence-corrected chi connectivity index (χ1v) is 6.82. The van der Waals surface area contributed by atoms with Crippen LogP contribution in [-0.2, 0) is 12.8 Å². The molecule has 0 saturated carbocycles. The van der Waals surface area contributed by atoms with E-state index in [0.717, 1.165) is 24.1 Å². The molecule has 2 aromatic heterocycles. The van der Waals surface area contributed by atoms with E-state index in [-0.39, 0.29) is 5.91 Å². The molecule has 18 heavy (non-hydrogen) atoms. The van der Waals surface area contributed by atoms with Crippen LogP contribution in [0.5, 0.6) is 0 Å². The minimum Gasteiger partial charge on any atom is -0.338 e. The Bertz CT molecular complexity index is 557. The Kier molecular flexibility index (Phi) is 3.81. The summed E-state index contributed by atoms with van der Waals surface area (Å²) in [6.45, 7) is 5.97. The Morgan fingerprint density at radius 2 is 2.17 bits per heavy atom. The van der Waals surface area contributed by atoms with Crippen LogP contribution in [0, 0.1) is 6.92 Å². The molecule has 0 unspecified atom stereocenters. The third-order valence-electron chi connectivity index (χ3n) is 2.82. The molecule has 0 bridgehead atoms. The Morgan fingerprint density at radius 1 is 1.39 bits per heavy atom. The summed E-state index contributed by atoms with van der Waals surface area (Å²) in [6, 6.07) is 3.82. The lowest BCUT2D eigenvalue weighted by Gasteiger charge is -1.99. The van der Waals surface area contributed by atoms with Gasteiger partial charge in [0.25, 0.3) is 5.91 Å². The Hall–Kier alpha value is -1.62. The SMILES string of the molecule is CCc1ccc(C(=O)Nc2onc(CC)c2C)s1. The number of thiophene rings is 1. The molecule has 0 spiro atoms. The highest BCUT2D eigenvalue weighted by molar-refractivity contribution is 7.14. The molecule has 2 aromatic rings. The molecule has 0 aliphatic heterocycles. The molecule has 2 heterocycles. The topological polar surface area (TPSA) is 55.1 Å². The quantitative estimate of drug-likeness (QED) is 0.920. The van der Waals surface area contributed by atoms with Crippen LogP contribution in [0.25, 0.3) is 0 Å². The van der Waals surface area contributed by atoms with Crippen molar-refractivity contribution in [1.29, 1.82) is 0 Å². The molecule has 0 saturated heterocycles. The van der Waals surface area contributed by atoms with E-state index in [4.69, 9.17) is 4.52 Å². The molecular weight excluding hydrogens is 248 g/mol. The summed E-state index contributed by atoms with van der Waals surface area (Å²) in [5, 5.41) is 6.68. The first-order valence-electron chi connectivity index (χ1n) is 6.00. The third kappa shape index (κ3) is 2.46. The minimum absolute atomic E-state index is 0.137. The zero-order chi connectivity index (χ0) is 13.1. The normalized spacial score (nSPS) is 10.6. The molecule has 0 aliphatic carbocycles. The van der Waals surface area contributed by atoms with Crippen LogP contribution in [0.2, 0.25) is 0 Å². The predicted octanol–water partition coefficient (Wildman–Crippen LogP) is 3.42. The van der Waals surface area contributed by atoms with Crippen LogP contribution in [0.1, 0.15) is 39.7 Å². The van der Waals surface area contributed by atoms with Gasteiger partial charge in [0, 0.05) is 10.4 Å². The van der Waals surface area contributed by atoms with Crippen molar-refractivity contribution in [1.82, 2.24) is 5.16 Å². The van der Waals surface area contributed by atoms with Gasteiger partial charge in [-0.1, -0.05) is 19.0 Å². The van der Waals surface area contributed by atoms with Gasteiger partial charge in [0.1, 0.15) is 0 Å². The van der Waals surface area contributed by atoms with Gasteiger partial charge in [-0.05, 0) is 31.9 Å². The molecular formula is C13H16N2O2S. The Balaban J connectivity index is 2.13. The van der Waals surface area contributed by atoms with Crippen LogP contribution >= 0.6 is 11.3 Å². The van der Waals surface area contributed by atoms with E-state index >= 15 is 0 Å². The van der Waals surface area contributed by atoms with Gasteiger partial charge in [-0.25, -0.2) is 0 Å². The lowest BCUT2D eigenvalue weighted by molar-refractivity contribution is 0.102. The molecule has 0 aliphatic rings. The Labute approximate surface area is 110 Å². The van der Waals surface area contributed by atoms with E-state index in [0.29, 0.717) is 10.8 Å². The van der Waals surface area contributed by atoms with E-state index in [2.05, 4.69) is 17.4 Å². The smallest absolute Gasteiger partial charge is 0.268 e. The van der Waals surface area contributed by atoms with Crippen LogP contribution < -0.4 is 5.32 Å². The zero-order valence-electron chi connectivity index (χ0n) is 10.7. The summed E-state index contributed by atoms with van der Waals surface area (Å²) in [7, 11) is 0. The molecule has 1 N–H and O–H groups in total. The van der Waals surface area contributed by atoms with Gasteiger partial charge in [0.2, 0.25) is 5.88 Å². The summed E-state index contributed by atoms with van der Waals surface area (Å²) < 4.78 is 5.13. The Morgan fingerprint density at radius 3 is 2.72 bits per heavy atom. The van der Waals surface area contributed by atoms with Crippen LogP contribution in [0.4, 0.5) is 5.88 Å². The van der Waals surface area contributed by atoms with Gasteiger partial charge >= 0.3 is 0 Å². The van der Waals surface area contributed by atoms with Crippen molar-refractivity contribution in [3.05, 3.63) is 33.1 Å². The van der Waals surface area contributed by atoms with Crippen molar-refractivity contribution in [2.24, 2.45) is 0 Å². The fraction of sp³-hybridized carbons (Fsp3) is 0.385. The maximum Gasteiger partial charge on any atom is 0.268 e. The average Bonchev–Trinajstić information content (AvgIpc) is 2.97. The number of rotatable bonds is 4. The van der Waals surface area contributed by atoms with E-state index in [1.165, 1.54) is 16.2 Å². The maximum absolute atomic E-state index is 12.0. The number of hydrogen-bond acceptors (Lipinski definition) is 4. The van der Waals surface area contributed by atoms with Crippen molar-refractivity contribution in [3.8, 4) is 0 Å². The first-order chi connectivity index (χ1) is 8.65. The van der Waals surface area contributed by atoms with E-state index in [1.54, 1.807) is 0 Å². The number of anilines is 1. The third-order valence-corrected chi connectivity index (χ3v) is 4.04. The molecule has 0 radical (unpaired) electrons. The molecule has 0 fully saturated rings. The van der Waals surface area contributed by atoms with Crippen LogP contribution in [0.15, 0.2) is 16.7 Å². The highest BCUT2D eigenvalue weighted by atomic mass is 32.1. The van der Waals surface area contributed by atoms with E-state index < -0.39 is 0 Å². The van der Waals surface area contributed by atoms with Gasteiger partial charge in [-0.2, -0.15) is 0 Å². The molecule has 4 nitrogen and oxygen atoms in total. The molecule has 96 valence electrons. The minimum atomic E-state index is -0.137. The average molecular weight is 264 g/mol. The summed E-state index contributed by atoms with van der Waals surface area (Å²) in [4.78, 5) is 13.9. The molecule has 0 aromatic carbocycles. The lowest BCUT2D eigenvalue weighted by atomic mass is 10.2. The fourth-order valence-corrected chi connectivity index (χ4v) is 2.51. The molecule has 2 rings (SSSR count). The van der Waals surface area contributed by atoms with Crippen molar-refractivity contribution in [3.63, 3.8) is 0 Å². The second kappa shape index (κ2) is 5.35. The van der Waals surface area contributed by atoms with Crippen molar-refractivity contribution < 1.29 is 9.32 Å². The van der Waals surface area contributed by atoms with Gasteiger partial charge in [0.05, 0.1) is 10.6 Å². The monoisotopic (exact) mass is 264 g/mol. The molecule has 5 heteroatoms. The van der Waals surface area contributed by atoms with E-state index in [1.807, 2.05) is 26.0 Å². The number of hydrogen-bond donors (Lipinski definition) is 1. The number of aromatic nitrogens is 1. The van der Waals surface area contributed by atoms with Gasteiger partial charge in [-0.15, -0.1) is 11.3 Å². The number of amides is 1. The van der Waals surface area contributed by atoms with Gasteiger partial charge in [0.15, 0.2) is 0 Å². The number of nitrogens with one attached hydrogen (secondary N) is 1. The van der Waals surface area contributed by atoms with Crippen molar-refractivity contribution in [2.45, 2.75) is 33.6 Å². The largest absolute Gasteiger partial charge is 0.338 e. The van der Waals surface area contributed by atoms with Crippen LogP contribution in [-0.4, -0.2) is 11.1 Å². The van der Waals surface area contributed by atoms with Crippen molar-refractivity contribution in [2.75, 3.05) is 5.32 Å². The van der Waals surface area contributed by atoms with Gasteiger partial charge in [-0.3, -0.25) is 10.1 Å². The maximum atomic E-state index is 12.0. The van der Waals surface area contributed by atoms with Gasteiger partial charge < -0.3 is 4.52 Å². The number of carbonyl (C=O) groups is 1. The first kappa shape index (κ1) is 12.8. The van der Waals surface area contributed by atoms with Crippen LogP contribution in [0.3, 0.4) is 0 Å². The number of aryl methyl sites for hydroxylation is 2. The molecule has 1 amide bonds. The summed E-state index contributed by atoms with van der Waals surface area (Å²) in [5.74, 6) is 0.310. The lowest BCUT2D eigenvalue weighted by Crippen LogP contribution is -2.10. The van der Waals surface area contributed by atoms with Crippen molar-refractivity contribution >= 4 is 23.1 Å². The second-order valence-electron chi connectivity index (χ2n) is 4.01. The fourth-order valence-electron chi connectivity index (χ4n) is 1.67. The van der Waals surface area contributed by atoms with E-state index in [9.17, 15) is 4.79 Å². The second-order valence-corrected chi connectivity index (χ2v) is 5.18. The number of nitrogens with zero attached hydrogens (tertiary/aromatic N) is 1. The highest BCUT2D eigenvalue weighted by Gasteiger charge is 2.15.